The van der Waals surface area contributed by atoms with E-state index >= 15 is 0 Å². The molecular weight excluding hydrogens is 508 g/mol. The number of nitrogen functional groups attached to an aromatic ring is 1. The predicted octanol–water partition coefficient (Wildman–Crippen LogP) is 5.51. The Morgan fingerprint density at radius 3 is 2.41 bits per heavy atom. The second kappa shape index (κ2) is 11.6. The third kappa shape index (κ3) is 6.03. The number of nitrogens with zero attached hydrogens (tertiary/aromatic N) is 2. The molecule has 3 aromatic carbocycles. The molecule has 1 fully saturated rings. The molecule has 0 radical (unpaired) electrons. The van der Waals surface area contributed by atoms with Crippen LogP contribution in [-0.4, -0.2) is 43.1 Å². The molecule has 192 valence electrons. The van der Waals surface area contributed by atoms with Gasteiger partial charge in [0, 0.05) is 12.1 Å². The minimum atomic E-state index is -0.183. The summed E-state index contributed by atoms with van der Waals surface area (Å²) in [6, 6.07) is 23.9. The van der Waals surface area contributed by atoms with E-state index in [1.807, 2.05) is 66.7 Å². The van der Waals surface area contributed by atoms with Crippen LogP contribution in [0, 0.1) is 11.3 Å². The number of ether oxygens (including phenoxy) is 2. The lowest BCUT2D eigenvalue weighted by atomic mass is 10.0. The predicted molar refractivity (Wildman–Crippen MR) is 151 cm³/mol. The molecule has 0 bridgehead atoms. The van der Waals surface area contributed by atoms with Crippen molar-refractivity contribution in [2.75, 3.05) is 25.2 Å². The average Bonchev–Trinajstić information content (AvgIpc) is 3.51. The van der Waals surface area contributed by atoms with E-state index in [2.05, 4.69) is 11.0 Å². The fraction of sp³-hybridized carbons (Fsp3) is 0.250. The molecule has 1 aromatic heterocycles. The van der Waals surface area contributed by atoms with Gasteiger partial charge in [0.25, 0.3) is 0 Å². The maximum atomic E-state index is 11.9. The van der Waals surface area contributed by atoms with Crippen LogP contribution >= 0.6 is 23.7 Å². The van der Waals surface area contributed by atoms with Crippen LogP contribution < -0.4 is 15.4 Å². The van der Waals surface area contributed by atoms with Crippen molar-refractivity contribution in [2.45, 2.75) is 18.9 Å². The molecule has 37 heavy (non-hydrogen) atoms. The number of hydrogen-bond acceptors (Lipinski definition) is 7. The van der Waals surface area contributed by atoms with E-state index in [9.17, 15) is 4.79 Å². The van der Waals surface area contributed by atoms with Crippen molar-refractivity contribution < 1.29 is 14.3 Å². The average molecular weight is 537 g/mol. The molecule has 1 saturated heterocycles. The molecule has 2 atom stereocenters. The zero-order valence-corrected chi connectivity index (χ0v) is 22.1. The Morgan fingerprint density at radius 1 is 1.08 bits per heavy atom. The van der Waals surface area contributed by atoms with Crippen LogP contribution in [0.5, 0.6) is 5.75 Å². The van der Waals surface area contributed by atoms with Crippen molar-refractivity contribution >= 4 is 50.9 Å². The van der Waals surface area contributed by atoms with Gasteiger partial charge in [0.2, 0.25) is 0 Å². The second-order valence-electron chi connectivity index (χ2n) is 8.98. The minimum Gasteiger partial charge on any atom is -0.491 e. The number of carbonyl (C=O) groups is 1. The standard InChI is InChI=1S/C28H28N4O3S.ClH/c1-34-26(33)15-18-14-22(32(16-18)28-31-24-4-2-3-5-25(24)36-28)17-35-23-12-10-20(11-13-23)19-6-8-21(9-7-19)27(29)30;/h2-13,18,22H,14-17H2,1H3,(H3,29,30);1H/t18-,22-;/m0./s1. The van der Waals surface area contributed by atoms with Gasteiger partial charge in [-0.3, -0.25) is 10.2 Å². The van der Waals surface area contributed by atoms with Crippen LogP contribution in [0.15, 0.2) is 72.8 Å². The molecule has 9 heteroatoms. The van der Waals surface area contributed by atoms with E-state index in [1.54, 1.807) is 11.3 Å². The lowest BCUT2D eigenvalue weighted by Crippen LogP contribution is -2.34. The largest absolute Gasteiger partial charge is 0.491 e. The number of nitrogens with one attached hydrogen (secondary N) is 1. The van der Waals surface area contributed by atoms with Gasteiger partial charge in [0.1, 0.15) is 18.2 Å². The van der Waals surface area contributed by atoms with Crippen LogP contribution in [-0.2, 0) is 9.53 Å². The topological polar surface area (TPSA) is 102 Å². The Balaban J connectivity index is 0.00000320. The third-order valence-corrected chi connectivity index (χ3v) is 7.61. The van der Waals surface area contributed by atoms with E-state index < -0.39 is 0 Å². The number of benzene rings is 3. The lowest BCUT2D eigenvalue weighted by molar-refractivity contribution is -0.141. The number of para-hydroxylation sites is 1. The Kier molecular flexibility index (Phi) is 8.31. The van der Waals surface area contributed by atoms with E-state index in [0.717, 1.165) is 45.2 Å². The van der Waals surface area contributed by atoms with Gasteiger partial charge in [0.15, 0.2) is 5.13 Å². The highest BCUT2D eigenvalue weighted by Gasteiger charge is 2.35. The fourth-order valence-corrected chi connectivity index (χ4v) is 5.68. The van der Waals surface area contributed by atoms with E-state index in [0.29, 0.717) is 18.6 Å². The highest BCUT2D eigenvalue weighted by atomic mass is 35.5. The van der Waals surface area contributed by atoms with Crippen LogP contribution in [0.3, 0.4) is 0 Å². The van der Waals surface area contributed by atoms with Crippen LogP contribution in [0.1, 0.15) is 18.4 Å². The van der Waals surface area contributed by atoms with Gasteiger partial charge in [0.05, 0.1) is 29.8 Å². The van der Waals surface area contributed by atoms with Gasteiger partial charge in [-0.25, -0.2) is 4.98 Å². The number of carbonyl (C=O) groups excluding carboxylic acids is 1. The Bertz CT molecular complexity index is 1340. The summed E-state index contributed by atoms with van der Waals surface area (Å²) in [7, 11) is 1.44. The number of nitrogens with two attached hydrogens (primary N) is 1. The maximum absolute atomic E-state index is 11.9. The fourth-order valence-electron chi connectivity index (χ4n) is 4.63. The van der Waals surface area contributed by atoms with Gasteiger partial charge in [-0.1, -0.05) is 59.9 Å². The first-order chi connectivity index (χ1) is 17.5. The second-order valence-corrected chi connectivity index (χ2v) is 9.99. The van der Waals surface area contributed by atoms with Crippen LogP contribution in [0.4, 0.5) is 5.13 Å². The molecule has 0 spiro atoms. The van der Waals surface area contributed by atoms with Crippen LogP contribution in [0.25, 0.3) is 21.3 Å². The molecule has 1 aliphatic rings. The summed E-state index contributed by atoms with van der Waals surface area (Å²) in [5, 5.41) is 8.50. The van der Waals surface area contributed by atoms with Crippen molar-refractivity contribution in [1.29, 1.82) is 5.41 Å². The smallest absolute Gasteiger partial charge is 0.305 e. The Morgan fingerprint density at radius 2 is 1.76 bits per heavy atom. The lowest BCUT2D eigenvalue weighted by Gasteiger charge is -2.24. The number of rotatable bonds is 8. The number of methoxy groups -OCH3 is 1. The van der Waals surface area contributed by atoms with E-state index in [-0.39, 0.29) is 36.2 Å². The number of esters is 1. The highest BCUT2D eigenvalue weighted by molar-refractivity contribution is 7.22. The summed E-state index contributed by atoms with van der Waals surface area (Å²) in [6.45, 7) is 1.25. The molecule has 3 N–H and O–H groups in total. The number of hydrogen-bond donors (Lipinski definition) is 2. The van der Waals surface area contributed by atoms with Gasteiger partial charge in [-0.2, -0.15) is 0 Å². The summed E-state index contributed by atoms with van der Waals surface area (Å²) in [6.07, 6.45) is 1.23. The molecule has 0 unspecified atom stereocenters. The first kappa shape index (κ1) is 26.4. The van der Waals surface area contributed by atoms with Gasteiger partial charge >= 0.3 is 5.97 Å². The molecule has 0 saturated carbocycles. The number of fused-ring (bicyclic) bond motifs is 1. The van der Waals surface area contributed by atoms with Gasteiger partial charge in [-0.05, 0) is 47.7 Å². The Hall–Kier alpha value is -3.62. The summed E-state index contributed by atoms with van der Waals surface area (Å²) in [4.78, 5) is 19.1. The molecular formula is C28H29ClN4O3S. The first-order valence-electron chi connectivity index (χ1n) is 11.9. The number of thiazole rings is 1. The minimum absolute atomic E-state index is 0. The zero-order valence-electron chi connectivity index (χ0n) is 20.4. The number of aromatic nitrogens is 1. The summed E-state index contributed by atoms with van der Waals surface area (Å²) >= 11 is 1.67. The molecule has 0 aliphatic carbocycles. The van der Waals surface area contributed by atoms with Crippen molar-refractivity contribution in [3.63, 3.8) is 0 Å². The monoisotopic (exact) mass is 536 g/mol. The molecule has 0 amide bonds. The quantitative estimate of drug-likeness (QED) is 0.175. The molecule has 1 aliphatic heterocycles. The third-order valence-electron chi connectivity index (χ3n) is 6.54. The normalized spacial score (nSPS) is 16.8. The van der Waals surface area contributed by atoms with Crippen LogP contribution in [0.2, 0.25) is 0 Å². The maximum Gasteiger partial charge on any atom is 0.305 e. The van der Waals surface area contributed by atoms with Crippen molar-refractivity contribution in [3.05, 3.63) is 78.4 Å². The summed E-state index contributed by atoms with van der Waals surface area (Å²) < 4.78 is 12.3. The molecule has 5 rings (SSSR count). The van der Waals surface area contributed by atoms with Crippen molar-refractivity contribution in [3.8, 4) is 16.9 Å². The number of anilines is 1. The van der Waals surface area contributed by atoms with E-state index in [4.69, 9.17) is 25.6 Å². The zero-order chi connectivity index (χ0) is 25.1. The van der Waals surface area contributed by atoms with Gasteiger partial charge in [-0.15, -0.1) is 12.4 Å². The summed E-state index contributed by atoms with van der Waals surface area (Å²) in [5.74, 6) is 0.863. The summed E-state index contributed by atoms with van der Waals surface area (Å²) in [5.41, 5.74) is 9.36. The van der Waals surface area contributed by atoms with E-state index in [1.165, 1.54) is 7.11 Å². The van der Waals surface area contributed by atoms with Crippen molar-refractivity contribution in [2.24, 2.45) is 11.7 Å². The first-order valence-corrected chi connectivity index (χ1v) is 12.7. The van der Waals surface area contributed by atoms with Gasteiger partial charge < -0.3 is 20.1 Å². The highest BCUT2D eigenvalue weighted by Crippen LogP contribution is 2.36. The molecule has 7 nitrogen and oxygen atoms in total. The number of amidine groups is 1. The SMILES string of the molecule is COC(=O)C[C@@H]1C[C@@H](COc2ccc(-c3ccc(C(=N)N)cc3)cc2)N(c2nc3ccccc3s2)C1.Cl. The number of halogens is 1. The Labute approximate surface area is 226 Å². The molecule has 2 heterocycles. The molecule has 4 aromatic rings. The van der Waals surface area contributed by atoms with Crippen molar-refractivity contribution in [1.82, 2.24) is 4.98 Å².